The van der Waals surface area contributed by atoms with Crippen LogP contribution in [0.15, 0.2) is 0 Å². The van der Waals surface area contributed by atoms with Crippen molar-refractivity contribution >= 4 is 39.5 Å². The Morgan fingerprint density at radius 1 is 0.287 bits per heavy atom. The Labute approximate surface area is 575 Å². The Morgan fingerprint density at radius 3 is 0.723 bits per heavy atom. The van der Waals surface area contributed by atoms with Crippen LogP contribution in [0.4, 0.5) is 0 Å². The number of ether oxygens (including phenoxy) is 4. The van der Waals surface area contributed by atoms with E-state index in [1.54, 1.807) is 0 Å². The van der Waals surface area contributed by atoms with Crippen molar-refractivity contribution in [1.82, 2.24) is 0 Å². The summed E-state index contributed by atoms with van der Waals surface area (Å²) in [5, 5.41) is 10.6. The summed E-state index contributed by atoms with van der Waals surface area (Å²) in [5.41, 5.74) is 0. The SMILES string of the molecule is CCCCCCCCCCCCCCC(=O)OC[C@H](COP(=O)(O)OC[C@H](O)COP(=O)(O)OC[C@@H](COC(=O)CCCCCCCCCCCCCCC(C)C)OC(=O)CCCCCCCCCCCCCCC(C)C)OC(=O)CCCCCCCCCCCC(C)C. The molecule has 0 radical (unpaired) electrons. The van der Waals surface area contributed by atoms with Crippen LogP contribution in [0.25, 0.3) is 0 Å². The molecule has 0 fully saturated rings. The van der Waals surface area contributed by atoms with Crippen LogP contribution in [0.1, 0.15) is 382 Å². The minimum absolute atomic E-state index is 0.105. The number of hydrogen-bond donors (Lipinski definition) is 3. The number of unbranched alkanes of at least 4 members (excludes halogenated alkanes) is 41. The van der Waals surface area contributed by atoms with Gasteiger partial charge in [-0.1, -0.05) is 331 Å². The molecular formula is C75H146O17P2. The Balaban J connectivity index is 5.26. The van der Waals surface area contributed by atoms with Crippen molar-refractivity contribution in [2.75, 3.05) is 39.6 Å². The van der Waals surface area contributed by atoms with E-state index in [9.17, 15) is 43.2 Å². The van der Waals surface area contributed by atoms with Crippen molar-refractivity contribution in [3.05, 3.63) is 0 Å². The summed E-state index contributed by atoms with van der Waals surface area (Å²) in [5.74, 6) is 0.177. The number of carbonyl (C=O) groups is 4. The maximum atomic E-state index is 13.1. The van der Waals surface area contributed by atoms with Gasteiger partial charge in [-0.15, -0.1) is 0 Å². The molecule has 558 valence electrons. The van der Waals surface area contributed by atoms with Gasteiger partial charge in [0.25, 0.3) is 0 Å². The number of phosphoric ester groups is 2. The summed E-state index contributed by atoms with van der Waals surface area (Å²) in [6.45, 7) is 11.9. The van der Waals surface area contributed by atoms with Crippen molar-refractivity contribution in [1.29, 1.82) is 0 Å². The van der Waals surface area contributed by atoms with Gasteiger partial charge in [-0.2, -0.15) is 0 Å². The third-order valence-corrected chi connectivity index (χ3v) is 19.3. The maximum absolute atomic E-state index is 13.1. The van der Waals surface area contributed by atoms with Crippen molar-refractivity contribution in [3.63, 3.8) is 0 Å². The quantitative estimate of drug-likeness (QED) is 0.0222. The molecule has 0 aliphatic carbocycles. The van der Waals surface area contributed by atoms with Gasteiger partial charge >= 0.3 is 39.5 Å². The van der Waals surface area contributed by atoms with Crippen LogP contribution in [0.3, 0.4) is 0 Å². The van der Waals surface area contributed by atoms with Crippen LogP contribution < -0.4 is 0 Å². The lowest BCUT2D eigenvalue weighted by atomic mass is 10.0. The molecular weight excluding hydrogens is 1230 g/mol. The summed E-state index contributed by atoms with van der Waals surface area (Å²) < 4.78 is 68.5. The van der Waals surface area contributed by atoms with E-state index < -0.39 is 97.5 Å². The van der Waals surface area contributed by atoms with Gasteiger partial charge in [-0.05, 0) is 43.4 Å². The third-order valence-electron chi connectivity index (χ3n) is 17.4. The van der Waals surface area contributed by atoms with E-state index in [-0.39, 0.29) is 25.7 Å². The fourth-order valence-electron chi connectivity index (χ4n) is 11.4. The van der Waals surface area contributed by atoms with Crippen LogP contribution in [-0.4, -0.2) is 96.7 Å². The van der Waals surface area contributed by atoms with Gasteiger partial charge in [0, 0.05) is 25.7 Å². The molecule has 0 bridgehead atoms. The summed E-state index contributed by atoms with van der Waals surface area (Å²) in [4.78, 5) is 72.8. The second kappa shape index (κ2) is 65.7. The topological polar surface area (TPSA) is 237 Å². The monoisotopic (exact) mass is 1380 g/mol. The Kier molecular flexibility index (Phi) is 64.3. The van der Waals surface area contributed by atoms with Gasteiger partial charge in [0.15, 0.2) is 12.2 Å². The fraction of sp³-hybridized carbons (Fsp3) is 0.947. The highest BCUT2D eigenvalue weighted by atomic mass is 31.2. The standard InChI is InChI=1S/C75H146O17P2/c1-8-9-10-11-12-13-14-21-28-35-42-49-56-72(77)85-63-71(92-75(80)59-52-45-38-31-24-27-34-41-48-55-68(6)7)65-90-94(83,84)88-61-69(76)60-87-93(81,82)89-64-70(91-74(79)58-51-44-37-30-23-18-16-20-26-33-40-47-54-67(4)5)62-86-73(78)57-50-43-36-29-22-17-15-19-25-32-39-46-53-66(2)3/h66-71,76H,8-65H2,1-7H3,(H,81,82)(H,83,84)/t69-,70-,71-/m1/s1. The first-order chi connectivity index (χ1) is 45.2. The Bertz CT molecular complexity index is 1840. The lowest BCUT2D eigenvalue weighted by Crippen LogP contribution is -2.30. The smallest absolute Gasteiger partial charge is 0.462 e. The molecule has 0 aliphatic heterocycles. The second-order valence-electron chi connectivity index (χ2n) is 28.5. The van der Waals surface area contributed by atoms with E-state index >= 15 is 0 Å². The molecule has 0 saturated carbocycles. The number of aliphatic hydroxyl groups is 1. The molecule has 17 nitrogen and oxygen atoms in total. The Morgan fingerprint density at radius 2 is 0.489 bits per heavy atom. The number of phosphoric acid groups is 2. The number of aliphatic hydroxyl groups excluding tert-OH is 1. The molecule has 0 rings (SSSR count). The van der Waals surface area contributed by atoms with Crippen LogP contribution in [0.2, 0.25) is 0 Å². The first-order valence-corrected chi connectivity index (χ1v) is 41.8. The van der Waals surface area contributed by atoms with Crippen molar-refractivity contribution in [2.45, 2.75) is 401 Å². The summed E-state index contributed by atoms with van der Waals surface area (Å²) in [6.07, 6.45) is 51.2. The molecule has 0 saturated heterocycles. The van der Waals surface area contributed by atoms with E-state index in [4.69, 9.17) is 37.0 Å². The molecule has 3 N–H and O–H groups in total. The number of rotatable bonds is 73. The Hall–Kier alpha value is -1.94. The van der Waals surface area contributed by atoms with E-state index in [1.807, 2.05) is 0 Å². The van der Waals surface area contributed by atoms with E-state index in [2.05, 4.69) is 48.5 Å². The van der Waals surface area contributed by atoms with E-state index in [0.717, 1.165) is 108 Å². The normalized spacial score (nSPS) is 14.1. The number of hydrogen-bond acceptors (Lipinski definition) is 15. The highest BCUT2D eigenvalue weighted by Crippen LogP contribution is 2.45. The highest BCUT2D eigenvalue weighted by Gasteiger charge is 2.30. The van der Waals surface area contributed by atoms with Gasteiger partial charge in [-0.25, -0.2) is 9.13 Å². The number of esters is 4. The van der Waals surface area contributed by atoms with Crippen LogP contribution >= 0.6 is 15.6 Å². The third kappa shape index (κ3) is 68.6. The minimum atomic E-state index is -4.96. The molecule has 0 aromatic heterocycles. The summed E-state index contributed by atoms with van der Waals surface area (Å²) in [6, 6.07) is 0. The lowest BCUT2D eigenvalue weighted by Gasteiger charge is -2.21. The van der Waals surface area contributed by atoms with Crippen LogP contribution in [0.5, 0.6) is 0 Å². The molecule has 0 aromatic rings. The average molecular weight is 1380 g/mol. The van der Waals surface area contributed by atoms with Gasteiger partial charge < -0.3 is 33.8 Å². The average Bonchev–Trinajstić information content (AvgIpc) is 1.76. The van der Waals surface area contributed by atoms with Gasteiger partial charge in [0.1, 0.15) is 19.3 Å². The molecule has 0 aromatic carbocycles. The minimum Gasteiger partial charge on any atom is -0.462 e. The summed E-state index contributed by atoms with van der Waals surface area (Å²) >= 11 is 0. The van der Waals surface area contributed by atoms with Crippen molar-refractivity contribution < 1.29 is 80.2 Å². The zero-order valence-electron chi connectivity index (χ0n) is 61.4. The van der Waals surface area contributed by atoms with Gasteiger partial charge in [0.05, 0.1) is 26.4 Å². The molecule has 2 unspecified atom stereocenters. The predicted molar refractivity (Wildman–Crippen MR) is 381 cm³/mol. The highest BCUT2D eigenvalue weighted by molar-refractivity contribution is 7.47. The van der Waals surface area contributed by atoms with Gasteiger partial charge in [0.2, 0.25) is 0 Å². The lowest BCUT2D eigenvalue weighted by molar-refractivity contribution is -0.161. The molecule has 5 atom stereocenters. The molecule has 0 amide bonds. The first-order valence-electron chi connectivity index (χ1n) is 38.8. The van der Waals surface area contributed by atoms with Crippen molar-refractivity contribution in [3.8, 4) is 0 Å². The van der Waals surface area contributed by atoms with Gasteiger partial charge in [-0.3, -0.25) is 37.3 Å². The molecule has 0 heterocycles. The number of carbonyl (C=O) groups excluding carboxylic acids is 4. The maximum Gasteiger partial charge on any atom is 0.472 e. The van der Waals surface area contributed by atoms with E-state index in [1.165, 1.54) is 193 Å². The fourth-order valence-corrected chi connectivity index (χ4v) is 13.0. The summed E-state index contributed by atoms with van der Waals surface area (Å²) in [7, 11) is -9.91. The zero-order chi connectivity index (χ0) is 69.4. The molecule has 0 aliphatic rings. The van der Waals surface area contributed by atoms with Crippen LogP contribution in [0, 0.1) is 17.8 Å². The van der Waals surface area contributed by atoms with E-state index in [0.29, 0.717) is 25.7 Å². The predicted octanol–water partition coefficient (Wildman–Crippen LogP) is 21.8. The zero-order valence-corrected chi connectivity index (χ0v) is 63.2. The largest absolute Gasteiger partial charge is 0.472 e. The van der Waals surface area contributed by atoms with Crippen LogP contribution in [-0.2, 0) is 65.4 Å². The molecule has 19 heteroatoms. The first kappa shape index (κ1) is 92.1. The molecule has 0 spiro atoms. The molecule has 94 heavy (non-hydrogen) atoms. The van der Waals surface area contributed by atoms with Crippen molar-refractivity contribution in [2.24, 2.45) is 17.8 Å². The second-order valence-corrected chi connectivity index (χ2v) is 31.4.